The number of rotatable bonds is 18. The normalized spacial score (nSPS) is 11.6. The number of methoxy groups -OCH3 is 4. The lowest BCUT2D eigenvalue weighted by molar-refractivity contribution is -0.181. The van der Waals surface area contributed by atoms with E-state index in [1.165, 1.54) is 7.11 Å². The third-order valence-electron chi connectivity index (χ3n) is 10.5. The molecule has 0 spiro atoms. The van der Waals surface area contributed by atoms with Crippen molar-refractivity contribution in [1.82, 2.24) is 25.5 Å². The molecule has 0 saturated heterocycles. The summed E-state index contributed by atoms with van der Waals surface area (Å²) in [5.74, 6) is 5.35. The van der Waals surface area contributed by atoms with Crippen molar-refractivity contribution in [2.75, 3.05) is 55.8 Å². The number of Topliss-reactive ketones (excluding diaryl/α,β-unsaturated/α-hetero) is 1. The number of hydrogen-bond acceptors (Lipinski definition) is 17. The molecule has 0 N–H and O–H groups in total. The Bertz CT molecular complexity index is 2960. The maximum absolute atomic E-state index is 13.3. The number of benzene rings is 4. The van der Waals surface area contributed by atoms with Crippen LogP contribution in [0.3, 0.4) is 0 Å². The minimum atomic E-state index is -0.823. The first-order valence-corrected chi connectivity index (χ1v) is 23.7. The van der Waals surface area contributed by atoms with Crippen LogP contribution in [-0.2, 0) is 19.1 Å². The van der Waals surface area contributed by atoms with Crippen LogP contribution in [0.5, 0.6) is 23.0 Å². The number of carbonyl (C=O) groups is 2. The fourth-order valence-corrected chi connectivity index (χ4v) is 7.98. The smallest absolute Gasteiger partial charge is 0.279 e. The molecule has 20 heteroatoms. The summed E-state index contributed by atoms with van der Waals surface area (Å²) in [5, 5.41) is 16.8. The Morgan fingerprint density at radius 2 is 1.01 bits per heavy atom. The molecule has 0 aliphatic heterocycles. The summed E-state index contributed by atoms with van der Waals surface area (Å²) in [5.41, 5.74) is 4.59. The number of likely N-dealkylation sites (N-methyl/N-ethyl adjacent to an activating group) is 1. The van der Waals surface area contributed by atoms with E-state index in [4.69, 9.17) is 50.9 Å². The molecular weight excluding hydrogens is 1060 g/mol. The maximum atomic E-state index is 13.3. The summed E-state index contributed by atoms with van der Waals surface area (Å²) in [7, 11) is 9.35. The van der Waals surface area contributed by atoms with E-state index in [-0.39, 0.29) is 17.5 Å². The van der Waals surface area contributed by atoms with Crippen molar-refractivity contribution in [2.45, 2.75) is 39.9 Å². The number of carbonyl (C=O) groups excluding carboxylic acids is 2. The van der Waals surface area contributed by atoms with Crippen LogP contribution in [0.4, 0.5) is 0 Å². The fourth-order valence-electron chi connectivity index (χ4n) is 6.87. The molecule has 2 atom stereocenters. The molecule has 2 unspecified atom stereocenters. The van der Waals surface area contributed by atoms with Crippen LogP contribution >= 0.6 is 31.9 Å². The predicted molar refractivity (Wildman–Crippen MR) is 272 cm³/mol. The van der Waals surface area contributed by atoms with Gasteiger partial charge in [-0.1, -0.05) is 24.3 Å². The number of hydrogen-bond donors (Lipinski definition) is 0. The van der Waals surface area contributed by atoms with Crippen LogP contribution in [0.2, 0.25) is 0 Å². The molecule has 0 radical (unpaired) electrons. The first kappa shape index (κ1) is 54.2. The minimum Gasteiger partial charge on any atom is -0.495 e. The number of aryl methyl sites for hydroxylation is 2. The highest BCUT2D eigenvalue weighted by Gasteiger charge is 2.27. The second-order valence-electron chi connectivity index (χ2n) is 15.1. The first-order valence-electron chi connectivity index (χ1n) is 22.1. The molecule has 378 valence electrons. The van der Waals surface area contributed by atoms with Gasteiger partial charge < -0.3 is 46.1 Å². The molecular formula is C52H53Br2N5O13. The van der Waals surface area contributed by atoms with Crippen LogP contribution < -0.4 is 18.9 Å². The molecule has 72 heavy (non-hydrogen) atoms. The van der Waals surface area contributed by atoms with Gasteiger partial charge in [0.1, 0.15) is 49.6 Å². The van der Waals surface area contributed by atoms with E-state index in [0.717, 1.165) is 37.5 Å². The van der Waals surface area contributed by atoms with Crippen LogP contribution in [0.25, 0.3) is 45.6 Å². The largest absolute Gasteiger partial charge is 0.495 e. The lowest BCUT2D eigenvalue weighted by Gasteiger charge is -2.22. The molecule has 0 saturated carbocycles. The van der Waals surface area contributed by atoms with Crippen molar-refractivity contribution in [2.24, 2.45) is 0 Å². The molecule has 18 nitrogen and oxygen atoms in total. The summed E-state index contributed by atoms with van der Waals surface area (Å²) >= 11 is 6.87. The summed E-state index contributed by atoms with van der Waals surface area (Å²) in [6.45, 7) is 7.91. The zero-order chi connectivity index (χ0) is 51.9. The van der Waals surface area contributed by atoms with Gasteiger partial charge in [-0.25, -0.2) is 5.06 Å². The number of nitrogens with zero attached hydrogens (tertiary/aromatic N) is 5. The average molecular weight is 1120 g/mol. The average Bonchev–Trinajstić information content (AvgIpc) is 4.27. The summed E-state index contributed by atoms with van der Waals surface area (Å²) in [6.07, 6.45) is 0.0981. The van der Waals surface area contributed by atoms with E-state index in [1.54, 1.807) is 104 Å². The number of aromatic nitrogens is 4. The molecule has 8 aromatic rings. The number of ketones is 1. The molecule has 4 heterocycles. The van der Waals surface area contributed by atoms with E-state index in [2.05, 4.69) is 52.3 Å². The predicted octanol–water partition coefficient (Wildman–Crippen LogP) is 11.9. The van der Waals surface area contributed by atoms with Gasteiger partial charge in [0.2, 0.25) is 29.3 Å². The minimum absolute atomic E-state index is 0.186. The monoisotopic (exact) mass is 1110 g/mol. The van der Waals surface area contributed by atoms with E-state index in [9.17, 15) is 9.59 Å². The van der Waals surface area contributed by atoms with Crippen molar-refractivity contribution >= 4 is 43.6 Å². The number of furan rings is 2. The Hall–Kier alpha value is -7.10. The number of ether oxygens (including phenoxy) is 6. The highest BCUT2D eigenvalue weighted by molar-refractivity contribution is 9.11. The second-order valence-corrected chi connectivity index (χ2v) is 16.7. The Balaban J connectivity index is 0.000000191. The van der Waals surface area contributed by atoms with E-state index < -0.39 is 12.2 Å². The van der Waals surface area contributed by atoms with Gasteiger partial charge in [0.15, 0.2) is 11.9 Å². The number of halogens is 2. The van der Waals surface area contributed by atoms with Crippen molar-refractivity contribution in [3.8, 4) is 68.6 Å². The summed E-state index contributed by atoms with van der Waals surface area (Å²) < 4.78 is 56.2. The van der Waals surface area contributed by atoms with E-state index >= 15 is 0 Å². The topological polar surface area (TPSA) is 206 Å². The van der Waals surface area contributed by atoms with Gasteiger partial charge in [-0.15, -0.1) is 20.4 Å². The second kappa shape index (κ2) is 25.8. The van der Waals surface area contributed by atoms with E-state index in [1.807, 2.05) is 62.4 Å². The van der Waals surface area contributed by atoms with Gasteiger partial charge in [0.05, 0.1) is 41.8 Å². The van der Waals surface area contributed by atoms with Gasteiger partial charge in [0, 0.05) is 56.4 Å². The third kappa shape index (κ3) is 13.2. The molecule has 0 bridgehead atoms. The Morgan fingerprint density at radius 1 is 0.569 bits per heavy atom. The summed E-state index contributed by atoms with van der Waals surface area (Å²) in [6, 6.07) is 29.0. The molecule has 0 aliphatic rings. The number of amides is 1. The number of hydroxylamine groups is 2. The van der Waals surface area contributed by atoms with Gasteiger partial charge in [-0.3, -0.25) is 14.4 Å². The third-order valence-corrected chi connectivity index (χ3v) is 12.1. The van der Waals surface area contributed by atoms with Gasteiger partial charge >= 0.3 is 0 Å². The first-order chi connectivity index (χ1) is 34.8. The van der Waals surface area contributed by atoms with Gasteiger partial charge in [-0.2, -0.15) is 0 Å². The molecule has 4 aromatic carbocycles. The van der Waals surface area contributed by atoms with Crippen molar-refractivity contribution < 1.29 is 60.5 Å². The lowest BCUT2D eigenvalue weighted by atomic mass is 10.0. The lowest BCUT2D eigenvalue weighted by Crippen LogP contribution is -2.32. The molecule has 0 aliphatic carbocycles. The van der Waals surface area contributed by atoms with Crippen molar-refractivity contribution in [1.29, 1.82) is 0 Å². The standard InChI is InChI=1S/C25H23BrN2O6.C15H19N3O4.C12H11BrO3/c1-5-32-24(15-6-8-16(9-7-15)25-28-27-14(2)33-25)23(29)19-11-10-18(34-19)17-12-20(30-3)22(26)21(13-17)31-4;1-5-21-13(15(19)18(3)20-4)11-6-8-12(9-7-11)14-17-16-10(2)22-14;1-14-10-6-8(9-4-3-5-16-9)7-11(15-2)12(10)13/h6-13,24H,5H2,1-4H3;6-9,13H,5H2,1-4H3;3-7H,1-2H3. The summed E-state index contributed by atoms with van der Waals surface area (Å²) in [4.78, 5) is 30.5. The quantitative estimate of drug-likeness (QED) is 0.0578. The Kier molecular flexibility index (Phi) is 19.5. The highest BCUT2D eigenvalue weighted by Crippen LogP contribution is 2.41. The molecule has 8 rings (SSSR count). The molecule has 0 fully saturated rings. The highest BCUT2D eigenvalue weighted by atomic mass is 79.9. The van der Waals surface area contributed by atoms with Crippen molar-refractivity contribution in [3.05, 3.63) is 141 Å². The maximum Gasteiger partial charge on any atom is 0.279 e. The zero-order valence-corrected chi connectivity index (χ0v) is 44.4. The molecule has 4 aromatic heterocycles. The van der Waals surface area contributed by atoms with Crippen LogP contribution in [0.1, 0.15) is 59.5 Å². The fraction of sp³-hybridized carbons (Fsp3) is 0.269. The Morgan fingerprint density at radius 3 is 1.40 bits per heavy atom. The zero-order valence-electron chi connectivity index (χ0n) is 41.2. The van der Waals surface area contributed by atoms with Gasteiger partial charge in [0.25, 0.3) is 5.91 Å². The van der Waals surface area contributed by atoms with Crippen LogP contribution in [0, 0.1) is 13.8 Å². The van der Waals surface area contributed by atoms with Crippen LogP contribution in [0.15, 0.2) is 130 Å². The molecule has 1 amide bonds. The van der Waals surface area contributed by atoms with Gasteiger partial charge in [-0.05, 0) is 130 Å². The van der Waals surface area contributed by atoms with E-state index in [0.29, 0.717) is 81.1 Å². The van der Waals surface area contributed by atoms with Crippen LogP contribution in [-0.4, -0.2) is 93.0 Å². The SMILES string of the molecule is CCOC(C(=O)N(C)OC)c1ccc(-c2nnc(C)o2)cc1.CCOC(C(=O)c1ccc(-c2cc(OC)c(Br)c(OC)c2)o1)c1ccc(-c2nnc(C)o2)cc1.COc1cc(-c2ccco2)cc(OC)c1Br. The van der Waals surface area contributed by atoms with Crippen molar-refractivity contribution in [3.63, 3.8) is 0 Å². The Labute approximate surface area is 432 Å².